The van der Waals surface area contributed by atoms with Gasteiger partial charge in [-0.2, -0.15) is 0 Å². The second kappa shape index (κ2) is 4.88. The fourth-order valence-electron chi connectivity index (χ4n) is 1.85. The smallest absolute Gasteiger partial charge is 0.176 e. The van der Waals surface area contributed by atoms with E-state index in [2.05, 4.69) is 5.32 Å². The lowest BCUT2D eigenvalue weighted by atomic mass is 9.84. The summed E-state index contributed by atoms with van der Waals surface area (Å²) in [5, 5.41) is 12.8. The van der Waals surface area contributed by atoms with Crippen molar-refractivity contribution in [2.24, 2.45) is 0 Å². The maximum atomic E-state index is 11.8. The molecule has 0 radical (unpaired) electrons. The lowest BCUT2D eigenvalue weighted by Crippen LogP contribution is -2.20. The summed E-state index contributed by atoms with van der Waals surface area (Å²) in [6.07, 6.45) is 0. The second-order valence-corrected chi connectivity index (χ2v) is 5.39. The predicted octanol–water partition coefficient (Wildman–Crippen LogP) is 2.40. The average molecular weight is 235 g/mol. The summed E-state index contributed by atoms with van der Waals surface area (Å²) in [6.45, 7) is 8.30. The third kappa shape index (κ3) is 3.07. The van der Waals surface area contributed by atoms with Gasteiger partial charge in [-0.1, -0.05) is 26.8 Å². The van der Waals surface area contributed by atoms with Crippen LogP contribution in [-0.4, -0.2) is 24.5 Å². The Morgan fingerprint density at radius 3 is 2.41 bits per heavy atom. The van der Waals surface area contributed by atoms with Gasteiger partial charge in [0.15, 0.2) is 5.78 Å². The van der Waals surface area contributed by atoms with Gasteiger partial charge in [0.25, 0.3) is 0 Å². The van der Waals surface area contributed by atoms with Crippen molar-refractivity contribution in [3.05, 3.63) is 28.8 Å². The molecule has 0 heterocycles. The molecule has 1 rings (SSSR count). The number of phenolic OH excluding ortho intramolecular Hbond substituents is 1. The molecule has 0 atom stereocenters. The number of nitrogens with one attached hydrogen (secondary N) is 1. The van der Waals surface area contributed by atoms with E-state index in [0.717, 1.165) is 11.1 Å². The standard InChI is InChI=1S/C14H21NO2/c1-9-6-11(14(2,3)4)12(16)7-10(9)13(17)8-15-5/h6-7,15-16H,8H2,1-5H3. The number of aryl methyl sites for hydroxylation is 1. The molecule has 0 saturated heterocycles. The highest BCUT2D eigenvalue weighted by Crippen LogP contribution is 2.32. The number of carbonyl (C=O) groups is 1. The first-order valence-corrected chi connectivity index (χ1v) is 5.79. The Balaban J connectivity index is 3.23. The van der Waals surface area contributed by atoms with Crippen LogP contribution < -0.4 is 5.32 Å². The molecular formula is C14H21NO2. The number of aromatic hydroxyl groups is 1. The monoisotopic (exact) mass is 235 g/mol. The Hall–Kier alpha value is -1.35. The molecule has 1 aromatic carbocycles. The number of hydrogen-bond donors (Lipinski definition) is 2. The first kappa shape index (κ1) is 13.7. The molecule has 1 aromatic rings. The molecule has 0 aliphatic carbocycles. The maximum Gasteiger partial charge on any atom is 0.176 e. The van der Waals surface area contributed by atoms with Crippen LogP contribution in [0, 0.1) is 6.92 Å². The van der Waals surface area contributed by atoms with Crippen molar-refractivity contribution in [1.82, 2.24) is 5.32 Å². The van der Waals surface area contributed by atoms with Crippen LogP contribution in [-0.2, 0) is 5.41 Å². The number of ketones is 1. The Kier molecular flexibility index (Phi) is 3.94. The normalized spacial score (nSPS) is 11.6. The zero-order chi connectivity index (χ0) is 13.2. The minimum absolute atomic E-state index is 0.000703. The maximum absolute atomic E-state index is 11.8. The Morgan fingerprint density at radius 1 is 1.35 bits per heavy atom. The summed E-state index contributed by atoms with van der Waals surface area (Å²) >= 11 is 0. The summed E-state index contributed by atoms with van der Waals surface area (Å²) in [5.41, 5.74) is 2.24. The van der Waals surface area contributed by atoms with Gasteiger partial charge in [0.05, 0.1) is 6.54 Å². The Bertz CT molecular complexity index is 431. The highest BCUT2D eigenvalue weighted by atomic mass is 16.3. The summed E-state index contributed by atoms with van der Waals surface area (Å²) in [7, 11) is 1.73. The molecule has 2 N–H and O–H groups in total. The molecule has 0 spiro atoms. The van der Waals surface area contributed by atoms with Crippen LogP contribution in [0.15, 0.2) is 12.1 Å². The predicted molar refractivity (Wildman–Crippen MR) is 69.8 cm³/mol. The fourth-order valence-corrected chi connectivity index (χ4v) is 1.85. The average Bonchev–Trinajstić information content (AvgIpc) is 2.19. The van der Waals surface area contributed by atoms with E-state index < -0.39 is 0 Å². The second-order valence-electron chi connectivity index (χ2n) is 5.39. The van der Waals surface area contributed by atoms with Gasteiger partial charge in [-0.15, -0.1) is 0 Å². The molecule has 0 saturated carbocycles. The highest BCUT2D eigenvalue weighted by Gasteiger charge is 2.20. The van der Waals surface area contributed by atoms with Crippen molar-refractivity contribution >= 4 is 5.78 Å². The molecule has 3 nitrogen and oxygen atoms in total. The van der Waals surface area contributed by atoms with Gasteiger partial charge in [-0.05, 0) is 36.6 Å². The van der Waals surface area contributed by atoms with E-state index in [1.54, 1.807) is 13.1 Å². The largest absolute Gasteiger partial charge is 0.508 e. The highest BCUT2D eigenvalue weighted by molar-refractivity contribution is 5.99. The van der Waals surface area contributed by atoms with Crippen molar-refractivity contribution in [3.8, 4) is 5.75 Å². The number of hydrogen-bond acceptors (Lipinski definition) is 3. The van der Waals surface area contributed by atoms with Gasteiger partial charge >= 0.3 is 0 Å². The SMILES string of the molecule is CNCC(=O)c1cc(O)c(C(C)(C)C)cc1C. The van der Waals surface area contributed by atoms with E-state index in [1.807, 2.05) is 33.8 Å². The van der Waals surface area contributed by atoms with Crippen molar-refractivity contribution in [1.29, 1.82) is 0 Å². The van der Waals surface area contributed by atoms with Gasteiger partial charge in [-0.3, -0.25) is 4.79 Å². The zero-order valence-electron chi connectivity index (χ0n) is 11.2. The van der Waals surface area contributed by atoms with Crippen LogP contribution in [0.25, 0.3) is 0 Å². The van der Waals surface area contributed by atoms with Gasteiger partial charge < -0.3 is 10.4 Å². The number of benzene rings is 1. The molecule has 0 aliphatic heterocycles. The molecular weight excluding hydrogens is 214 g/mol. The third-order valence-corrected chi connectivity index (χ3v) is 2.79. The molecule has 94 valence electrons. The molecule has 3 heteroatoms. The first-order chi connectivity index (χ1) is 7.77. The van der Waals surface area contributed by atoms with E-state index in [-0.39, 0.29) is 23.5 Å². The van der Waals surface area contributed by atoms with E-state index >= 15 is 0 Å². The van der Waals surface area contributed by atoms with Gasteiger partial charge in [0.2, 0.25) is 0 Å². The number of Topliss-reactive ketones (excluding diaryl/α,β-unsaturated/α-hetero) is 1. The molecule has 0 aromatic heterocycles. The third-order valence-electron chi connectivity index (χ3n) is 2.79. The Labute approximate surface area is 103 Å². The van der Waals surface area contributed by atoms with Crippen LogP contribution in [0.2, 0.25) is 0 Å². The topological polar surface area (TPSA) is 49.3 Å². The van der Waals surface area contributed by atoms with Crippen molar-refractivity contribution in [2.45, 2.75) is 33.1 Å². The minimum atomic E-state index is -0.126. The minimum Gasteiger partial charge on any atom is -0.508 e. The summed E-state index contributed by atoms with van der Waals surface area (Å²) in [4.78, 5) is 11.8. The van der Waals surface area contributed by atoms with Crippen LogP contribution in [0.1, 0.15) is 42.3 Å². The molecule has 0 unspecified atom stereocenters. The van der Waals surface area contributed by atoms with Gasteiger partial charge in [0.1, 0.15) is 5.75 Å². The summed E-state index contributed by atoms with van der Waals surface area (Å²) < 4.78 is 0. The van der Waals surface area contributed by atoms with Crippen LogP contribution in [0.5, 0.6) is 5.75 Å². The van der Waals surface area contributed by atoms with Crippen LogP contribution >= 0.6 is 0 Å². The summed E-state index contributed by atoms with van der Waals surface area (Å²) in [5.74, 6) is 0.198. The number of phenols is 1. The van der Waals surface area contributed by atoms with Gasteiger partial charge in [0, 0.05) is 5.56 Å². The first-order valence-electron chi connectivity index (χ1n) is 5.79. The number of likely N-dealkylation sites (N-methyl/N-ethyl adjacent to an activating group) is 1. The van der Waals surface area contributed by atoms with Crippen LogP contribution in [0.3, 0.4) is 0 Å². The molecule has 17 heavy (non-hydrogen) atoms. The molecule has 0 bridgehead atoms. The van der Waals surface area contributed by atoms with E-state index in [1.165, 1.54) is 0 Å². The van der Waals surface area contributed by atoms with Crippen LogP contribution in [0.4, 0.5) is 0 Å². The van der Waals surface area contributed by atoms with Crippen molar-refractivity contribution in [2.75, 3.05) is 13.6 Å². The zero-order valence-corrected chi connectivity index (χ0v) is 11.2. The summed E-state index contributed by atoms with van der Waals surface area (Å²) in [6, 6.07) is 3.48. The number of carbonyl (C=O) groups excluding carboxylic acids is 1. The van der Waals surface area contributed by atoms with E-state index in [9.17, 15) is 9.90 Å². The fraction of sp³-hybridized carbons (Fsp3) is 0.500. The lowest BCUT2D eigenvalue weighted by Gasteiger charge is -2.22. The lowest BCUT2D eigenvalue weighted by molar-refractivity contribution is 0.0992. The van der Waals surface area contributed by atoms with E-state index in [0.29, 0.717) is 5.56 Å². The molecule has 0 aliphatic rings. The quantitative estimate of drug-likeness (QED) is 0.791. The van der Waals surface area contributed by atoms with Crippen molar-refractivity contribution < 1.29 is 9.90 Å². The number of rotatable bonds is 3. The Morgan fingerprint density at radius 2 is 1.94 bits per heavy atom. The molecule has 0 fully saturated rings. The van der Waals surface area contributed by atoms with Gasteiger partial charge in [-0.25, -0.2) is 0 Å². The van der Waals surface area contributed by atoms with E-state index in [4.69, 9.17) is 0 Å². The molecule has 0 amide bonds. The van der Waals surface area contributed by atoms with Crippen molar-refractivity contribution in [3.63, 3.8) is 0 Å².